The van der Waals surface area contributed by atoms with Crippen LogP contribution in [0.25, 0.3) is 11.4 Å². The zero-order valence-corrected chi connectivity index (χ0v) is 14.2. The Balaban J connectivity index is 1.65. The van der Waals surface area contributed by atoms with Gasteiger partial charge >= 0.3 is 0 Å². The Hall–Kier alpha value is -2.81. The summed E-state index contributed by atoms with van der Waals surface area (Å²) in [5.41, 5.74) is 0.511. The molecule has 2 heterocycles. The van der Waals surface area contributed by atoms with Crippen LogP contribution in [0, 0.1) is 5.82 Å². The van der Waals surface area contributed by atoms with Crippen molar-refractivity contribution < 1.29 is 13.6 Å². The van der Waals surface area contributed by atoms with Crippen molar-refractivity contribution in [2.75, 3.05) is 5.84 Å². The van der Waals surface area contributed by atoms with Crippen LogP contribution in [0.15, 0.2) is 52.2 Å². The molecular weight excluding hydrogens is 345 g/mol. The second-order valence-electron chi connectivity index (χ2n) is 5.24. The molecule has 0 aliphatic carbocycles. The van der Waals surface area contributed by atoms with E-state index in [-0.39, 0.29) is 11.7 Å². The van der Waals surface area contributed by atoms with Crippen molar-refractivity contribution in [2.24, 2.45) is 0 Å². The molecule has 0 unspecified atom stereocenters. The van der Waals surface area contributed by atoms with E-state index in [1.54, 1.807) is 37.5 Å². The maximum absolute atomic E-state index is 13.3. The van der Waals surface area contributed by atoms with Crippen LogP contribution in [0.5, 0.6) is 0 Å². The van der Waals surface area contributed by atoms with Crippen molar-refractivity contribution in [3.05, 3.63) is 54.2 Å². The molecule has 0 aliphatic heterocycles. The Morgan fingerprint density at radius 1 is 1.40 bits per heavy atom. The maximum atomic E-state index is 13.3. The fourth-order valence-corrected chi connectivity index (χ4v) is 2.92. The van der Waals surface area contributed by atoms with Gasteiger partial charge < -0.3 is 15.6 Å². The number of nitrogen functional groups attached to an aromatic ring is 1. The summed E-state index contributed by atoms with van der Waals surface area (Å²) in [7, 11) is 0. The molecule has 1 atom stereocenters. The molecule has 1 aromatic carbocycles. The summed E-state index contributed by atoms with van der Waals surface area (Å²) in [6, 6.07) is 9.44. The number of carbonyl (C=O) groups is 1. The zero-order chi connectivity index (χ0) is 17.8. The molecule has 3 N–H and O–H groups in total. The highest BCUT2D eigenvalue weighted by Gasteiger charge is 2.20. The number of benzene rings is 1. The van der Waals surface area contributed by atoms with Crippen molar-refractivity contribution in [1.29, 1.82) is 0 Å². The molecule has 0 spiro atoms. The minimum Gasteiger partial charge on any atom is -0.467 e. The molecule has 0 saturated carbocycles. The smallest absolute Gasteiger partial charge is 0.233 e. The van der Waals surface area contributed by atoms with Crippen LogP contribution >= 0.6 is 11.8 Å². The van der Waals surface area contributed by atoms with Gasteiger partial charge in [0.1, 0.15) is 11.6 Å². The molecular formula is C16H16FN5O2S. The Morgan fingerprint density at radius 3 is 2.96 bits per heavy atom. The predicted octanol–water partition coefficient (Wildman–Crippen LogP) is 2.19. The van der Waals surface area contributed by atoms with E-state index in [0.717, 1.165) is 11.8 Å². The van der Waals surface area contributed by atoms with Gasteiger partial charge in [0.15, 0.2) is 5.82 Å². The summed E-state index contributed by atoms with van der Waals surface area (Å²) in [4.78, 5) is 12.2. The molecule has 0 aliphatic rings. The number of carbonyl (C=O) groups excluding carboxylic acids is 1. The van der Waals surface area contributed by atoms with Crippen molar-refractivity contribution >= 4 is 17.7 Å². The number of nitrogens with zero attached hydrogens (tertiary/aromatic N) is 3. The lowest BCUT2D eigenvalue weighted by Gasteiger charge is -2.10. The van der Waals surface area contributed by atoms with Gasteiger partial charge in [0.2, 0.25) is 11.1 Å². The van der Waals surface area contributed by atoms with Crippen LogP contribution in [-0.4, -0.2) is 26.0 Å². The standard InChI is InChI=1S/C16H16FN5O2S/c1-10(15(23)19-9-13-6-3-7-24-13)25-16-21-20-14(22(16)18)11-4-2-5-12(17)8-11/h2-8,10H,9,18H2,1H3,(H,19,23)/t10-/m0/s1. The summed E-state index contributed by atoms with van der Waals surface area (Å²) in [6.07, 6.45) is 1.55. The molecule has 9 heteroatoms. The van der Waals surface area contributed by atoms with E-state index in [4.69, 9.17) is 10.3 Å². The minimum atomic E-state index is -0.443. The number of nitrogens with one attached hydrogen (secondary N) is 1. The number of aromatic nitrogens is 3. The summed E-state index contributed by atoms with van der Waals surface area (Å²) in [5, 5.41) is 10.7. The highest BCUT2D eigenvalue weighted by atomic mass is 32.2. The van der Waals surface area contributed by atoms with Crippen LogP contribution in [0.3, 0.4) is 0 Å². The predicted molar refractivity (Wildman–Crippen MR) is 91.4 cm³/mol. The lowest BCUT2D eigenvalue weighted by atomic mass is 10.2. The van der Waals surface area contributed by atoms with Crippen molar-refractivity contribution in [2.45, 2.75) is 23.9 Å². The number of halogens is 1. The molecule has 0 fully saturated rings. The maximum Gasteiger partial charge on any atom is 0.233 e. The van der Waals surface area contributed by atoms with Crippen LogP contribution in [-0.2, 0) is 11.3 Å². The molecule has 3 aromatic rings. The van der Waals surface area contributed by atoms with Crippen LogP contribution in [0.1, 0.15) is 12.7 Å². The summed E-state index contributed by atoms with van der Waals surface area (Å²) in [5.74, 6) is 6.41. The first kappa shape index (κ1) is 17.0. The van der Waals surface area contributed by atoms with Crippen molar-refractivity contribution in [3.8, 4) is 11.4 Å². The third-order valence-electron chi connectivity index (χ3n) is 3.42. The monoisotopic (exact) mass is 361 g/mol. The number of hydrogen-bond donors (Lipinski definition) is 2. The van der Waals surface area contributed by atoms with E-state index in [1.165, 1.54) is 16.8 Å². The Labute approximate surface area is 147 Å². The molecule has 0 bridgehead atoms. The lowest BCUT2D eigenvalue weighted by Crippen LogP contribution is -2.30. The number of rotatable bonds is 6. The molecule has 25 heavy (non-hydrogen) atoms. The lowest BCUT2D eigenvalue weighted by molar-refractivity contribution is -0.120. The Morgan fingerprint density at radius 2 is 2.24 bits per heavy atom. The average Bonchev–Trinajstić information content (AvgIpc) is 3.23. The van der Waals surface area contributed by atoms with E-state index >= 15 is 0 Å². The highest BCUT2D eigenvalue weighted by molar-refractivity contribution is 8.00. The number of furan rings is 1. The fraction of sp³-hybridized carbons (Fsp3) is 0.188. The van der Waals surface area contributed by atoms with E-state index in [0.29, 0.717) is 28.8 Å². The SMILES string of the molecule is C[C@H](Sc1nnc(-c2cccc(F)c2)n1N)C(=O)NCc1ccco1. The van der Waals surface area contributed by atoms with Gasteiger partial charge in [-0.2, -0.15) is 0 Å². The molecule has 1 amide bonds. The first-order valence-electron chi connectivity index (χ1n) is 7.48. The van der Waals surface area contributed by atoms with Gasteiger partial charge in [-0.15, -0.1) is 10.2 Å². The quantitative estimate of drug-likeness (QED) is 0.516. The van der Waals surface area contributed by atoms with Crippen LogP contribution in [0.2, 0.25) is 0 Å². The molecule has 0 saturated heterocycles. The number of thioether (sulfide) groups is 1. The molecule has 7 nitrogen and oxygen atoms in total. The summed E-state index contributed by atoms with van der Waals surface area (Å²) < 4.78 is 19.8. The number of amides is 1. The Bertz CT molecular complexity index is 865. The first-order valence-corrected chi connectivity index (χ1v) is 8.35. The number of nitrogens with two attached hydrogens (primary N) is 1. The topological polar surface area (TPSA) is 99.0 Å². The largest absolute Gasteiger partial charge is 0.467 e. The first-order chi connectivity index (χ1) is 12.0. The molecule has 0 radical (unpaired) electrons. The van der Waals surface area contributed by atoms with Gasteiger partial charge in [-0.3, -0.25) is 4.79 Å². The summed E-state index contributed by atoms with van der Waals surface area (Å²) in [6.45, 7) is 2.04. The molecule has 3 rings (SSSR count). The fourth-order valence-electron chi connectivity index (χ4n) is 2.12. The highest BCUT2D eigenvalue weighted by Crippen LogP contribution is 2.25. The molecule has 2 aromatic heterocycles. The summed E-state index contributed by atoms with van der Waals surface area (Å²) >= 11 is 1.16. The minimum absolute atomic E-state index is 0.184. The average molecular weight is 361 g/mol. The zero-order valence-electron chi connectivity index (χ0n) is 13.3. The third-order valence-corrected chi connectivity index (χ3v) is 4.47. The van der Waals surface area contributed by atoms with Gasteiger partial charge in [0.05, 0.1) is 18.1 Å². The number of hydrogen-bond acceptors (Lipinski definition) is 6. The second kappa shape index (κ2) is 7.39. The third kappa shape index (κ3) is 4.00. The van der Waals surface area contributed by atoms with Gasteiger partial charge in [0.25, 0.3) is 0 Å². The van der Waals surface area contributed by atoms with Crippen molar-refractivity contribution in [1.82, 2.24) is 20.2 Å². The van der Waals surface area contributed by atoms with Crippen LogP contribution < -0.4 is 11.2 Å². The normalized spacial score (nSPS) is 12.1. The van der Waals surface area contributed by atoms with Gasteiger partial charge in [-0.05, 0) is 31.2 Å². The van der Waals surface area contributed by atoms with E-state index in [2.05, 4.69) is 15.5 Å². The second-order valence-corrected chi connectivity index (χ2v) is 6.55. The van der Waals surface area contributed by atoms with E-state index < -0.39 is 5.25 Å². The molecule has 130 valence electrons. The van der Waals surface area contributed by atoms with Gasteiger partial charge in [-0.1, -0.05) is 23.9 Å². The Kier molecular flexibility index (Phi) is 5.03. The van der Waals surface area contributed by atoms with E-state index in [1.807, 2.05) is 0 Å². The van der Waals surface area contributed by atoms with Gasteiger partial charge in [0, 0.05) is 5.56 Å². The van der Waals surface area contributed by atoms with Crippen LogP contribution in [0.4, 0.5) is 4.39 Å². The van der Waals surface area contributed by atoms with E-state index in [9.17, 15) is 9.18 Å². The van der Waals surface area contributed by atoms with Gasteiger partial charge in [-0.25, -0.2) is 9.07 Å². The van der Waals surface area contributed by atoms with Crippen molar-refractivity contribution in [3.63, 3.8) is 0 Å².